The van der Waals surface area contributed by atoms with E-state index in [-0.39, 0.29) is 12.5 Å². The predicted octanol–water partition coefficient (Wildman–Crippen LogP) is 1.68. The topological polar surface area (TPSA) is 69.5 Å². The lowest BCUT2D eigenvalue weighted by Crippen LogP contribution is -2.50. The molecule has 6 nitrogen and oxygen atoms in total. The van der Waals surface area contributed by atoms with E-state index in [1.807, 2.05) is 12.1 Å². The van der Waals surface area contributed by atoms with Crippen molar-refractivity contribution in [3.63, 3.8) is 0 Å². The van der Waals surface area contributed by atoms with Crippen molar-refractivity contribution in [1.82, 2.24) is 9.88 Å². The van der Waals surface area contributed by atoms with Crippen molar-refractivity contribution >= 4 is 11.6 Å². The van der Waals surface area contributed by atoms with Gasteiger partial charge in [0.1, 0.15) is 11.8 Å². The number of para-hydroxylation sites is 1. The van der Waals surface area contributed by atoms with E-state index in [2.05, 4.69) is 16.0 Å². The summed E-state index contributed by atoms with van der Waals surface area (Å²) in [6, 6.07) is 12.9. The third kappa shape index (κ3) is 3.63. The number of pyridine rings is 1. The number of aromatic nitrogens is 1. The highest BCUT2D eigenvalue weighted by Crippen LogP contribution is 2.17. The van der Waals surface area contributed by atoms with Crippen LogP contribution in [-0.4, -0.2) is 48.6 Å². The van der Waals surface area contributed by atoms with Gasteiger partial charge in [0, 0.05) is 44.3 Å². The van der Waals surface area contributed by atoms with Gasteiger partial charge in [0.2, 0.25) is 0 Å². The average Bonchev–Trinajstić information content (AvgIpc) is 2.67. The van der Waals surface area contributed by atoms with Crippen molar-refractivity contribution in [1.29, 1.82) is 5.26 Å². The first-order valence-electron chi connectivity index (χ1n) is 7.82. The first kappa shape index (κ1) is 15.8. The highest BCUT2D eigenvalue weighted by Gasteiger charge is 2.21. The molecule has 0 bridgehead atoms. The van der Waals surface area contributed by atoms with Gasteiger partial charge in [-0.2, -0.15) is 5.26 Å². The van der Waals surface area contributed by atoms with E-state index in [0.29, 0.717) is 24.4 Å². The number of piperazine rings is 1. The third-order valence-corrected chi connectivity index (χ3v) is 4.02. The maximum atomic E-state index is 12.3. The van der Waals surface area contributed by atoms with Crippen LogP contribution in [0.5, 0.6) is 5.75 Å². The molecule has 122 valence electrons. The van der Waals surface area contributed by atoms with Crippen LogP contribution in [0.15, 0.2) is 48.8 Å². The number of amides is 1. The lowest BCUT2D eigenvalue weighted by Gasteiger charge is -2.36. The van der Waals surface area contributed by atoms with Gasteiger partial charge in [-0.3, -0.25) is 9.78 Å². The Hall–Kier alpha value is -3.07. The van der Waals surface area contributed by atoms with E-state index in [0.717, 1.165) is 18.8 Å². The Morgan fingerprint density at radius 3 is 2.54 bits per heavy atom. The van der Waals surface area contributed by atoms with E-state index in [1.54, 1.807) is 41.6 Å². The molecule has 0 radical (unpaired) electrons. The summed E-state index contributed by atoms with van der Waals surface area (Å²) >= 11 is 0. The fourth-order valence-corrected chi connectivity index (χ4v) is 2.68. The van der Waals surface area contributed by atoms with E-state index in [4.69, 9.17) is 10.00 Å². The smallest absolute Gasteiger partial charge is 0.260 e. The van der Waals surface area contributed by atoms with Crippen LogP contribution in [0, 0.1) is 11.3 Å². The number of hydrogen-bond donors (Lipinski definition) is 0. The minimum Gasteiger partial charge on any atom is -0.482 e. The van der Waals surface area contributed by atoms with Crippen molar-refractivity contribution in [3.8, 4) is 11.8 Å². The molecule has 0 aliphatic carbocycles. The van der Waals surface area contributed by atoms with Gasteiger partial charge < -0.3 is 14.5 Å². The molecular weight excluding hydrogens is 304 g/mol. The molecule has 0 unspecified atom stereocenters. The quantitative estimate of drug-likeness (QED) is 0.856. The first-order chi connectivity index (χ1) is 11.8. The molecule has 1 saturated heterocycles. The summed E-state index contributed by atoms with van der Waals surface area (Å²) in [5.41, 5.74) is 1.56. The van der Waals surface area contributed by atoms with Gasteiger partial charge in [-0.1, -0.05) is 12.1 Å². The molecule has 6 heteroatoms. The third-order valence-electron chi connectivity index (χ3n) is 4.02. The summed E-state index contributed by atoms with van der Waals surface area (Å²) < 4.78 is 5.52. The molecule has 24 heavy (non-hydrogen) atoms. The van der Waals surface area contributed by atoms with E-state index in [1.165, 1.54) is 0 Å². The predicted molar refractivity (Wildman–Crippen MR) is 89.7 cm³/mol. The minimum atomic E-state index is -0.0582. The largest absolute Gasteiger partial charge is 0.482 e. The second kappa shape index (κ2) is 7.47. The minimum absolute atomic E-state index is 0.0477. The lowest BCUT2D eigenvalue weighted by atomic mass is 10.2. The van der Waals surface area contributed by atoms with Gasteiger partial charge in [-0.05, 0) is 24.3 Å². The van der Waals surface area contributed by atoms with Crippen LogP contribution in [0.4, 0.5) is 5.69 Å². The zero-order chi connectivity index (χ0) is 16.8. The summed E-state index contributed by atoms with van der Waals surface area (Å²) in [7, 11) is 0. The Balaban J connectivity index is 1.51. The fourth-order valence-electron chi connectivity index (χ4n) is 2.68. The number of nitrogens with zero attached hydrogens (tertiary/aromatic N) is 4. The standard InChI is InChI=1S/C18H18N4O2/c19-13-15-3-1-2-4-17(15)24-14-18(23)22-11-9-21(10-12-22)16-5-7-20-8-6-16/h1-8H,9-12,14H2. The van der Waals surface area contributed by atoms with Gasteiger partial charge in [0.05, 0.1) is 5.56 Å². The average molecular weight is 322 g/mol. The van der Waals surface area contributed by atoms with Gasteiger partial charge in [-0.25, -0.2) is 0 Å². The van der Waals surface area contributed by atoms with Crippen LogP contribution >= 0.6 is 0 Å². The molecular formula is C18H18N4O2. The zero-order valence-electron chi connectivity index (χ0n) is 13.3. The Labute approximate surface area is 140 Å². The maximum Gasteiger partial charge on any atom is 0.260 e. The second-order valence-corrected chi connectivity index (χ2v) is 5.47. The van der Waals surface area contributed by atoms with Crippen LogP contribution < -0.4 is 9.64 Å². The lowest BCUT2D eigenvalue weighted by molar-refractivity contribution is -0.133. The Morgan fingerprint density at radius 2 is 1.83 bits per heavy atom. The molecule has 0 spiro atoms. The van der Waals surface area contributed by atoms with Gasteiger partial charge in [0.15, 0.2) is 6.61 Å². The molecule has 1 aliphatic heterocycles. The van der Waals surface area contributed by atoms with Crippen LogP contribution in [0.1, 0.15) is 5.56 Å². The number of carbonyl (C=O) groups is 1. The molecule has 1 amide bonds. The summed E-state index contributed by atoms with van der Waals surface area (Å²) in [4.78, 5) is 20.4. The number of benzene rings is 1. The Kier molecular flexibility index (Phi) is 4.92. The number of anilines is 1. The summed E-state index contributed by atoms with van der Waals surface area (Å²) in [5, 5.41) is 9.03. The molecule has 0 N–H and O–H groups in total. The number of rotatable bonds is 4. The van der Waals surface area contributed by atoms with Crippen molar-refractivity contribution < 1.29 is 9.53 Å². The molecule has 1 fully saturated rings. The number of hydrogen-bond acceptors (Lipinski definition) is 5. The summed E-state index contributed by atoms with van der Waals surface area (Å²) in [5.74, 6) is 0.390. The van der Waals surface area contributed by atoms with Crippen molar-refractivity contribution in [2.45, 2.75) is 0 Å². The molecule has 2 heterocycles. The number of ether oxygens (including phenoxy) is 1. The van der Waals surface area contributed by atoms with Crippen molar-refractivity contribution in [2.24, 2.45) is 0 Å². The van der Waals surface area contributed by atoms with E-state index < -0.39 is 0 Å². The summed E-state index contributed by atoms with van der Waals surface area (Å²) in [6.07, 6.45) is 3.54. The first-order valence-corrected chi connectivity index (χ1v) is 7.82. The monoisotopic (exact) mass is 322 g/mol. The zero-order valence-corrected chi connectivity index (χ0v) is 13.3. The van der Waals surface area contributed by atoms with Crippen molar-refractivity contribution in [3.05, 3.63) is 54.4 Å². The number of nitriles is 1. The van der Waals surface area contributed by atoms with Gasteiger partial charge in [-0.15, -0.1) is 0 Å². The van der Waals surface area contributed by atoms with E-state index in [9.17, 15) is 4.79 Å². The highest BCUT2D eigenvalue weighted by molar-refractivity contribution is 5.78. The van der Waals surface area contributed by atoms with Crippen LogP contribution in [0.2, 0.25) is 0 Å². The van der Waals surface area contributed by atoms with Crippen LogP contribution in [-0.2, 0) is 4.79 Å². The molecule has 1 aliphatic rings. The molecule has 1 aromatic carbocycles. The molecule has 0 saturated carbocycles. The van der Waals surface area contributed by atoms with Crippen LogP contribution in [0.3, 0.4) is 0 Å². The molecule has 0 atom stereocenters. The Morgan fingerprint density at radius 1 is 1.12 bits per heavy atom. The normalized spacial score (nSPS) is 14.1. The molecule has 3 rings (SSSR count). The second-order valence-electron chi connectivity index (χ2n) is 5.47. The fraction of sp³-hybridized carbons (Fsp3) is 0.278. The van der Waals surface area contributed by atoms with Gasteiger partial charge >= 0.3 is 0 Å². The molecule has 1 aromatic heterocycles. The van der Waals surface area contributed by atoms with E-state index >= 15 is 0 Å². The summed E-state index contributed by atoms with van der Waals surface area (Å²) in [6.45, 7) is 2.83. The SMILES string of the molecule is N#Cc1ccccc1OCC(=O)N1CCN(c2ccncc2)CC1. The molecule has 2 aromatic rings. The highest BCUT2D eigenvalue weighted by atomic mass is 16.5. The Bertz CT molecular complexity index is 734. The van der Waals surface area contributed by atoms with Gasteiger partial charge in [0.25, 0.3) is 5.91 Å². The number of carbonyl (C=O) groups excluding carboxylic acids is 1. The van der Waals surface area contributed by atoms with Crippen molar-refractivity contribution in [2.75, 3.05) is 37.7 Å². The van der Waals surface area contributed by atoms with Crippen LogP contribution in [0.25, 0.3) is 0 Å². The maximum absolute atomic E-state index is 12.3.